The van der Waals surface area contributed by atoms with Crippen LogP contribution in [0.5, 0.6) is 0 Å². The van der Waals surface area contributed by atoms with Gasteiger partial charge in [0.1, 0.15) is 0 Å². The van der Waals surface area contributed by atoms with Crippen LogP contribution in [0.2, 0.25) is 0 Å². The summed E-state index contributed by atoms with van der Waals surface area (Å²) in [5.74, 6) is 0. The number of nitrogens with zero attached hydrogens (tertiary/aromatic N) is 1. The average Bonchev–Trinajstić information content (AvgIpc) is 3.14. The zero-order valence-corrected chi connectivity index (χ0v) is 17.0. The summed E-state index contributed by atoms with van der Waals surface area (Å²) in [5, 5.41) is 4.76. The molecule has 0 saturated carbocycles. The van der Waals surface area contributed by atoms with Crippen LogP contribution in [0.25, 0.3) is 10.9 Å². The largest absolute Gasteiger partial charge is 0.347 e. The molecule has 142 valence electrons. The monoisotopic (exact) mass is 402 g/mol. The number of fused-ring (bicyclic) bond motifs is 6. The van der Waals surface area contributed by atoms with Crippen molar-refractivity contribution in [1.82, 2.24) is 9.88 Å². The lowest BCUT2D eigenvalue weighted by Crippen LogP contribution is -2.32. The minimum Gasteiger partial charge on any atom is -0.347 e. The third-order valence-corrected chi connectivity index (χ3v) is 7.72. The molecule has 2 aliphatic heterocycles. The first-order valence-corrected chi connectivity index (χ1v) is 10.6. The Labute approximate surface area is 165 Å². The molecule has 0 spiro atoms. The van der Waals surface area contributed by atoms with Crippen molar-refractivity contribution in [1.29, 1.82) is 0 Å². The topological polar surface area (TPSA) is 51.1 Å². The Morgan fingerprint density at radius 1 is 1.07 bits per heavy atom. The van der Waals surface area contributed by atoms with Gasteiger partial charge in [0, 0.05) is 42.1 Å². The maximum atomic E-state index is 13.1. The number of halogens is 1. The van der Waals surface area contributed by atoms with E-state index in [4.69, 9.17) is 0 Å². The van der Waals surface area contributed by atoms with Gasteiger partial charge in [-0.2, -0.15) is 0 Å². The van der Waals surface area contributed by atoms with Gasteiger partial charge in [-0.25, -0.2) is 8.42 Å². The van der Waals surface area contributed by atoms with E-state index in [0.29, 0.717) is 21.9 Å². The normalized spacial score (nSPS) is 21.1. The first-order chi connectivity index (χ1) is 12.4. The van der Waals surface area contributed by atoms with Crippen molar-refractivity contribution in [2.24, 2.45) is 7.05 Å². The maximum absolute atomic E-state index is 13.1. The molecule has 1 fully saturated rings. The molecule has 0 radical (unpaired) electrons. The number of rotatable bonds is 2. The molecule has 3 heterocycles. The number of aromatic nitrogens is 1. The van der Waals surface area contributed by atoms with Gasteiger partial charge in [0.05, 0.1) is 9.79 Å². The second-order valence-electron chi connectivity index (χ2n) is 7.62. The number of hydrogen-bond donors (Lipinski definition) is 1. The van der Waals surface area contributed by atoms with Crippen molar-refractivity contribution in [2.75, 3.05) is 0 Å². The van der Waals surface area contributed by atoms with Gasteiger partial charge in [-0.3, -0.25) is 0 Å². The summed E-state index contributed by atoms with van der Waals surface area (Å²) in [6.07, 6.45) is 3.35. The summed E-state index contributed by atoms with van der Waals surface area (Å²) in [6, 6.07) is 13.6. The van der Waals surface area contributed by atoms with Crippen LogP contribution in [-0.4, -0.2) is 19.0 Å². The lowest BCUT2D eigenvalue weighted by molar-refractivity contribution is 0.503. The summed E-state index contributed by atoms with van der Waals surface area (Å²) in [5.41, 5.74) is 4.73. The Balaban J connectivity index is 0.00000180. The number of aryl methyl sites for hydroxylation is 2. The molecule has 6 heteroatoms. The number of hydrogen-bond acceptors (Lipinski definition) is 3. The SMILES string of the molecule is Cc1cccc(S(=O)(=O)c2ccc3c(c2)c2c(n3C)CC3CCC2N3)c1.Cl. The minimum atomic E-state index is -3.51. The van der Waals surface area contributed by atoms with Crippen molar-refractivity contribution in [3.05, 3.63) is 59.3 Å². The molecule has 5 rings (SSSR count). The van der Waals surface area contributed by atoms with Gasteiger partial charge in [-0.1, -0.05) is 12.1 Å². The summed E-state index contributed by atoms with van der Waals surface area (Å²) >= 11 is 0. The van der Waals surface area contributed by atoms with Crippen LogP contribution in [0.4, 0.5) is 0 Å². The zero-order valence-electron chi connectivity index (χ0n) is 15.4. The van der Waals surface area contributed by atoms with Gasteiger partial charge in [0.15, 0.2) is 0 Å². The van der Waals surface area contributed by atoms with E-state index in [1.54, 1.807) is 24.3 Å². The predicted molar refractivity (Wildman–Crippen MR) is 109 cm³/mol. The molecule has 1 N–H and O–H groups in total. The molecular weight excluding hydrogens is 380 g/mol. The van der Waals surface area contributed by atoms with Gasteiger partial charge in [0.25, 0.3) is 0 Å². The molecule has 1 aromatic heterocycles. The lowest BCUT2D eigenvalue weighted by atomic mass is 9.99. The molecule has 2 aromatic carbocycles. The van der Waals surface area contributed by atoms with Crippen LogP contribution in [0, 0.1) is 6.92 Å². The fourth-order valence-corrected chi connectivity index (χ4v) is 6.06. The standard InChI is InChI=1S/C21H22N2O2S.ClH/c1-13-4-3-5-15(10-13)26(24,25)16-7-9-19-17(12-16)21-18-8-6-14(22-18)11-20(21)23(19)2;/h3-5,7,9-10,12,14,18,22H,6,8,11H2,1-2H3;1H. The molecule has 3 aromatic rings. The van der Waals surface area contributed by atoms with E-state index < -0.39 is 9.84 Å². The zero-order chi connectivity index (χ0) is 18.1. The molecule has 2 aliphatic rings. The first kappa shape index (κ1) is 18.5. The highest BCUT2D eigenvalue weighted by Crippen LogP contribution is 2.42. The average molecular weight is 403 g/mol. The van der Waals surface area contributed by atoms with Crippen LogP contribution in [0.3, 0.4) is 0 Å². The lowest BCUT2D eigenvalue weighted by Gasteiger charge is -2.23. The van der Waals surface area contributed by atoms with Gasteiger partial charge in [0.2, 0.25) is 9.84 Å². The Hall–Kier alpha value is -1.82. The predicted octanol–water partition coefficient (Wildman–Crippen LogP) is 4.09. The Bertz CT molecular complexity index is 1150. The minimum absolute atomic E-state index is 0. The smallest absolute Gasteiger partial charge is 0.206 e. The van der Waals surface area contributed by atoms with Crippen LogP contribution in [-0.2, 0) is 23.3 Å². The van der Waals surface area contributed by atoms with Crippen LogP contribution >= 0.6 is 12.4 Å². The van der Waals surface area contributed by atoms with Gasteiger partial charge >= 0.3 is 0 Å². The van der Waals surface area contributed by atoms with E-state index in [0.717, 1.165) is 29.3 Å². The summed E-state index contributed by atoms with van der Waals surface area (Å²) in [6.45, 7) is 1.91. The molecule has 0 amide bonds. The Morgan fingerprint density at radius 3 is 2.63 bits per heavy atom. The molecule has 27 heavy (non-hydrogen) atoms. The highest BCUT2D eigenvalue weighted by Gasteiger charge is 2.36. The Kier molecular flexibility index (Phi) is 4.37. The van der Waals surface area contributed by atoms with Gasteiger partial charge in [-0.05, 0) is 61.2 Å². The van der Waals surface area contributed by atoms with Crippen LogP contribution < -0.4 is 5.32 Å². The molecule has 4 nitrogen and oxygen atoms in total. The van der Waals surface area contributed by atoms with Crippen LogP contribution in [0.15, 0.2) is 52.3 Å². The highest BCUT2D eigenvalue weighted by atomic mass is 35.5. The molecular formula is C21H23ClN2O2S. The van der Waals surface area contributed by atoms with Gasteiger partial charge in [-0.15, -0.1) is 12.4 Å². The third kappa shape index (κ3) is 2.72. The molecule has 1 saturated heterocycles. The van der Waals surface area contributed by atoms with E-state index in [9.17, 15) is 8.42 Å². The van der Waals surface area contributed by atoms with E-state index >= 15 is 0 Å². The maximum Gasteiger partial charge on any atom is 0.206 e. The van der Waals surface area contributed by atoms with E-state index in [-0.39, 0.29) is 12.4 Å². The summed E-state index contributed by atoms with van der Waals surface area (Å²) in [4.78, 5) is 0.741. The summed E-state index contributed by atoms with van der Waals surface area (Å²) in [7, 11) is -1.42. The second kappa shape index (κ2) is 6.36. The number of benzene rings is 2. The van der Waals surface area contributed by atoms with Crippen molar-refractivity contribution in [3.63, 3.8) is 0 Å². The first-order valence-electron chi connectivity index (χ1n) is 9.14. The molecule has 2 bridgehead atoms. The second-order valence-corrected chi connectivity index (χ2v) is 9.57. The number of nitrogens with one attached hydrogen (secondary N) is 1. The Morgan fingerprint density at radius 2 is 1.85 bits per heavy atom. The molecule has 2 unspecified atom stereocenters. The van der Waals surface area contributed by atoms with Gasteiger partial charge < -0.3 is 9.88 Å². The molecule has 0 aliphatic carbocycles. The van der Waals surface area contributed by atoms with Crippen molar-refractivity contribution < 1.29 is 8.42 Å². The highest BCUT2D eigenvalue weighted by molar-refractivity contribution is 7.91. The van der Waals surface area contributed by atoms with E-state index in [1.165, 1.54) is 17.7 Å². The molecule has 2 atom stereocenters. The quantitative estimate of drug-likeness (QED) is 0.702. The van der Waals surface area contributed by atoms with E-state index in [2.05, 4.69) is 16.9 Å². The van der Waals surface area contributed by atoms with E-state index in [1.807, 2.05) is 25.1 Å². The fraction of sp³-hybridized carbons (Fsp3) is 0.333. The number of sulfone groups is 1. The van der Waals surface area contributed by atoms with Crippen LogP contribution in [0.1, 0.15) is 35.7 Å². The van der Waals surface area contributed by atoms with Crippen molar-refractivity contribution in [2.45, 2.75) is 48.1 Å². The van der Waals surface area contributed by atoms with Crippen molar-refractivity contribution in [3.8, 4) is 0 Å². The van der Waals surface area contributed by atoms with Crippen molar-refractivity contribution >= 4 is 33.1 Å². The summed E-state index contributed by atoms with van der Waals surface area (Å²) < 4.78 is 28.5. The fourth-order valence-electron chi connectivity index (χ4n) is 4.67. The third-order valence-electron chi connectivity index (χ3n) is 5.97.